The molecule has 0 saturated heterocycles. The number of benzene rings is 2. The third-order valence-electron chi connectivity index (χ3n) is 4.96. The van der Waals surface area contributed by atoms with Gasteiger partial charge in [-0.25, -0.2) is 14.4 Å². The van der Waals surface area contributed by atoms with E-state index in [-0.39, 0.29) is 17.9 Å². The third-order valence-corrected chi connectivity index (χ3v) is 4.96. The highest BCUT2D eigenvalue weighted by Crippen LogP contribution is 2.26. The lowest BCUT2D eigenvalue weighted by Gasteiger charge is -2.11. The molecule has 2 aromatic carbocycles. The van der Waals surface area contributed by atoms with Crippen molar-refractivity contribution in [2.45, 2.75) is 6.54 Å². The Hall–Kier alpha value is -3.93. The van der Waals surface area contributed by atoms with E-state index in [4.69, 9.17) is 0 Å². The molecule has 0 aliphatic rings. The maximum atomic E-state index is 14.9. The Morgan fingerprint density at radius 3 is 2.62 bits per heavy atom. The smallest absolute Gasteiger partial charge is 0.270 e. The maximum absolute atomic E-state index is 14.9. The molecule has 0 bridgehead atoms. The first-order chi connectivity index (χ1) is 14.2. The average molecular weight is 382 g/mol. The van der Waals surface area contributed by atoms with E-state index in [1.54, 1.807) is 36.8 Å². The Morgan fingerprint density at radius 2 is 1.72 bits per heavy atom. The molecule has 3 aromatic heterocycles. The van der Waals surface area contributed by atoms with Crippen LogP contribution >= 0.6 is 0 Å². The first-order valence-corrected chi connectivity index (χ1v) is 9.12. The van der Waals surface area contributed by atoms with Gasteiger partial charge in [-0.3, -0.25) is 14.3 Å². The Morgan fingerprint density at radius 1 is 0.862 bits per heavy atom. The minimum Gasteiger partial charge on any atom is -0.285 e. The van der Waals surface area contributed by atoms with Gasteiger partial charge < -0.3 is 0 Å². The van der Waals surface area contributed by atoms with Crippen molar-refractivity contribution in [2.75, 3.05) is 0 Å². The molecule has 0 unspecified atom stereocenters. The summed E-state index contributed by atoms with van der Waals surface area (Å²) in [5, 5.41) is 2.08. The molecular formula is C23H15FN4O. The fourth-order valence-corrected chi connectivity index (χ4v) is 3.44. The summed E-state index contributed by atoms with van der Waals surface area (Å²) < 4.78 is 16.3. The second-order valence-electron chi connectivity index (χ2n) is 6.77. The molecule has 0 N–H and O–H groups in total. The van der Waals surface area contributed by atoms with Gasteiger partial charge in [-0.15, -0.1) is 0 Å². The van der Waals surface area contributed by atoms with Crippen LogP contribution in [0.2, 0.25) is 0 Å². The largest absolute Gasteiger partial charge is 0.285 e. The average Bonchev–Trinajstić information content (AvgIpc) is 2.76. The summed E-state index contributed by atoms with van der Waals surface area (Å²) in [6.45, 7) is 0.0877. The minimum absolute atomic E-state index is 0.0877. The van der Waals surface area contributed by atoms with Gasteiger partial charge in [0, 0.05) is 29.5 Å². The number of halogens is 1. The molecule has 0 spiro atoms. The van der Waals surface area contributed by atoms with Gasteiger partial charge in [0.1, 0.15) is 11.3 Å². The molecule has 0 amide bonds. The van der Waals surface area contributed by atoms with Crippen LogP contribution in [-0.2, 0) is 6.54 Å². The molecule has 5 aromatic rings. The van der Waals surface area contributed by atoms with Gasteiger partial charge in [0.25, 0.3) is 5.56 Å². The van der Waals surface area contributed by atoms with Gasteiger partial charge >= 0.3 is 0 Å². The molecule has 0 saturated carbocycles. The van der Waals surface area contributed by atoms with E-state index in [1.807, 2.05) is 30.3 Å². The fraction of sp³-hybridized carbons (Fsp3) is 0.0435. The molecule has 6 heteroatoms. The number of hydrogen-bond acceptors (Lipinski definition) is 4. The second kappa shape index (κ2) is 6.91. The zero-order valence-corrected chi connectivity index (χ0v) is 15.3. The predicted octanol–water partition coefficient (Wildman–Crippen LogP) is 4.19. The Kier molecular flexibility index (Phi) is 4.09. The van der Waals surface area contributed by atoms with Crippen LogP contribution in [0.4, 0.5) is 4.39 Å². The van der Waals surface area contributed by atoms with Gasteiger partial charge in [0.2, 0.25) is 0 Å². The fourth-order valence-electron chi connectivity index (χ4n) is 3.44. The molecule has 0 aliphatic carbocycles. The summed E-state index contributed by atoms with van der Waals surface area (Å²) in [4.78, 5) is 24.7. The molecule has 0 radical (unpaired) electrons. The van der Waals surface area contributed by atoms with E-state index in [2.05, 4.69) is 15.0 Å². The first-order valence-electron chi connectivity index (χ1n) is 9.12. The number of nitrogens with zero attached hydrogens (tertiary/aromatic N) is 4. The molecule has 0 atom stereocenters. The molecule has 3 heterocycles. The van der Waals surface area contributed by atoms with Gasteiger partial charge in [-0.1, -0.05) is 24.3 Å². The van der Waals surface area contributed by atoms with Crippen LogP contribution in [0.3, 0.4) is 0 Å². The van der Waals surface area contributed by atoms with Crippen molar-refractivity contribution >= 4 is 21.9 Å². The monoisotopic (exact) mass is 382 g/mol. The summed E-state index contributed by atoms with van der Waals surface area (Å²) in [5.41, 5.74) is 2.82. The van der Waals surface area contributed by atoms with Gasteiger partial charge in [-0.05, 0) is 46.8 Å². The van der Waals surface area contributed by atoms with E-state index in [1.165, 1.54) is 16.8 Å². The standard InChI is InChI=1S/C23H15FN4O/c24-20-11-16(15-3-5-18-12-25-9-7-17(18)10-15)4-6-19(20)14-28-22(29)13-27-21-2-1-8-26-23(21)28/h1-13H,14H2. The van der Waals surface area contributed by atoms with Crippen molar-refractivity contribution in [3.63, 3.8) is 0 Å². The van der Waals surface area contributed by atoms with Crippen LogP contribution in [0.1, 0.15) is 5.56 Å². The summed E-state index contributed by atoms with van der Waals surface area (Å²) in [6, 6.07) is 16.5. The minimum atomic E-state index is -0.370. The quantitative estimate of drug-likeness (QED) is 0.469. The van der Waals surface area contributed by atoms with Crippen molar-refractivity contribution in [3.05, 3.63) is 101 Å². The highest BCUT2D eigenvalue weighted by Gasteiger charge is 2.11. The van der Waals surface area contributed by atoms with Crippen molar-refractivity contribution in [1.29, 1.82) is 0 Å². The Bertz CT molecular complexity index is 1430. The van der Waals surface area contributed by atoms with Gasteiger partial charge in [-0.2, -0.15) is 0 Å². The molecule has 140 valence electrons. The zero-order chi connectivity index (χ0) is 19.8. The van der Waals surface area contributed by atoms with Crippen molar-refractivity contribution in [3.8, 4) is 11.1 Å². The number of fused-ring (bicyclic) bond motifs is 2. The topological polar surface area (TPSA) is 60.7 Å². The van der Waals surface area contributed by atoms with Crippen LogP contribution in [-0.4, -0.2) is 19.5 Å². The maximum Gasteiger partial charge on any atom is 0.270 e. The number of rotatable bonds is 3. The third kappa shape index (κ3) is 3.14. The lowest BCUT2D eigenvalue weighted by Crippen LogP contribution is -2.22. The van der Waals surface area contributed by atoms with E-state index in [0.717, 1.165) is 21.9 Å². The Labute approximate surface area is 165 Å². The normalized spacial score (nSPS) is 11.2. The van der Waals surface area contributed by atoms with Gasteiger partial charge in [0.05, 0.1) is 12.7 Å². The van der Waals surface area contributed by atoms with Crippen LogP contribution in [0.15, 0.2) is 84.2 Å². The lowest BCUT2D eigenvalue weighted by molar-refractivity contribution is 0.599. The number of aromatic nitrogens is 4. The predicted molar refractivity (Wildman–Crippen MR) is 110 cm³/mol. The highest BCUT2D eigenvalue weighted by molar-refractivity contribution is 5.86. The van der Waals surface area contributed by atoms with Gasteiger partial charge in [0.15, 0.2) is 5.65 Å². The molecule has 5 rings (SSSR count). The molecule has 0 fully saturated rings. The highest BCUT2D eigenvalue weighted by atomic mass is 19.1. The van der Waals surface area contributed by atoms with Crippen molar-refractivity contribution in [2.24, 2.45) is 0 Å². The van der Waals surface area contributed by atoms with Crippen LogP contribution in [0.25, 0.3) is 33.1 Å². The SMILES string of the molecule is O=c1cnc2cccnc2n1Cc1ccc(-c2ccc3cnccc3c2)cc1F. The Balaban J connectivity index is 1.53. The van der Waals surface area contributed by atoms with E-state index < -0.39 is 0 Å². The summed E-state index contributed by atoms with van der Waals surface area (Å²) in [5.74, 6) is -0.370. The van der Waals surface area contributed by atoms with Crippen LogP contribution in [0.5, 0.6) is 0 Å². The second-order valence-corrected chi connectivity index (χ2v) is 6.77. The van der Waals surface area contributed by atoms with E-state index in [0.29, 0.717) is 16.7 Å². The molecule has 29 heavy (non-hydrogen) atoms. The molecular weight excluding hydrogens is 367 g/mol. The van der Waals surface area contributed by atoms with Crippen LogP contribution < -0.4 is 5.56 Å². The van der Waals surface area contributed by atoms with E-state index >= 15 is 0 Å². The molecule has 5 nitrogen and oxygen atoms in total. The summed E-state index contributed by atoms with van der Waals surface area (Å²) >= 11 is 0. The van der Waals surface area contributed by atoms with E-state index in [9.17, 15) is 9.18 Å². The zero-order valence-electron chi connectivity index (χ0n) is 15.3. The first kappa shape index (κ1) is 17.2. The summed E-state index contributed by atoms with van der Waals surface area (Å²) in [7, 11) is 0. The van der Waals surface area contributed by atoms with Crippen molar-refractivity contribution in [1.82, 2.24) is 19.5 Å². The van der Waals surface area contributed by atoms with Crippen LogP contribution in [0, 0.1) is 5.82 Å². The molecule has 0 aliphatic heterocycles. The van der Waals surface area contributed by atoms with Crippen molar-refractivity contribution < 1.29 is 4.39 Å². The number of pyridine rings is 2. The number of hydrogen-bond donors (Lipinski definition) is 0. The lowest BCUT2D eigenvalue weighted by atomic mass is 10.0. The summed E-state index contributed by atoms with van der Waals surface area (Å²) in [6.07, 6.45) is 6.36.